The Morgan fingerprint density at radius 3 is 2.79 bits per heavy atom. The van der Waals surface area contributed by atoms with Crippen LogP contribution >= 0.6 is 0 Å². The van der Waals surface area contributed by atoms with Gasteiger partial charge in [-0.3, -0.25) is 14.5 Å². The monoisotopic (exact) mass is 386 g/mol. The molecule has 152 valence electrons. The number of hydrogen-bond acceptors (Lipinski definition) is 5. The number of carbonyl (C=O) groups is 1. The van der Waals surface area contributed by atoms with Gasteiger partial charge in [0.15, 0.2) is 0 Å². The molecule has 4 rings (SSSR count). The molecule has 1 aromatic rings. The maximum Gasteiger partial charge on any atom is 0.323 e. The van der Waals surface area contributed by atoms with E-state index in [0.717, 1.165) is 43.5 Å². The topological polar surface area (TPSA) is 71.8 Å². The highest BCUT2D eigenvalue weighted by molar-refractivity contribution is 5.77. The van der Waals surface area contributed by atoms with E-state index in [1.165, 1.54) is 19.1 Å². The van der Waals surface area contributed by atoms with E-state index in [2.05, 4.69) is 24.0 Å². The number of hydrogen-bond donors (Lipinski definition) is 1. The van der Waals surface area contributed by atoms with Crippen molar-refractivity contribution in [3.05, 3.63) is 39.8 Å². The Morgan fingerprint density at radius 1 is 1.32 bits per heavy atom. The van der Waals surface area contributed by atoms with Gasteiger partial charge < -0.3 is 14.4 Å². The minimum absolute atomic E-state index is 0.0247. The van der Waals surface area contributed by atoms with Crippen molar-refractivity contribution < 1.29 is 14.6 Å². The van der Waals surface area contributed by atoms with Crippen molar-refractivity contribution in [1.29, 1.82) is 0 Å². The molecule has 0 radical (unpaired) electrons. The van der Waals surface area contributed by atoms with Gasteiger partial charge >= 0.3 is 5.97 Å². The number of aliphatic hydroxyl groups excluding tert-OH is 1. The van der Waals surface area contributed by atoms with E-state index in [0.29, 0.717) is 6.54 Å². The minimum Gasteiger partial charge on any atom is -0.468 e. The number of carbonyl (C=O) groups excluding carboxylic acids is 1. The lowest BCUT2D eigenvalue weighted by atomic mass is 9.88. The average Bonchev–Trinajstić information content (AvgIpc) is 3.24. The normalized spacial score (nSPS) is 29.3. The largest absolute Gasteiger partial charge is 0.468 e. The summed E-state index contributed by atoms with van der Waals surface area (Å²) in [4.78, 5) is 27.9. The first-order chi connectivity index (χ1) is 13.6. The van der Waals surface area contributed by atoms with Crippen molar-refractivity contribution in [3.8, 4) is 0 Å². The highest BCUT2D eigenvalue weighted by Gasteiger charge is 2.55. The van der Waals surface area contributed by atoms with Crippen LogP contribution in [0.15, 0.2) is 23.0 Å². The molecule has 0 aromatic carbocycles. The minimum atomic E-state index is -0.450. The Bertz CT molecular complexity index is 843. The summed E-state index contributed by atoms with van der Waals surface area (Å²) in [5, 5.41) is 10.1. The number of allylic oxidation sites excluding steroid dienone is 2. The van der Waals surface area contributed by atoms with Crippen molar-refractivity contribution in [2.24, 2.45) is 11.8 Å². The molecule has 6 nitrogen and oxygen atoms in total. The second-order valence-electron chi connectivity index (χ2n) is 8.22. The number of pyridine rings is 1. The summed E-state index contributed by atoms with van der Waals surface area (Å²) >= 11 is 0. The van der Waals surface area contributed by atoms with Crippen molar-refractivity contribution in [2.45, 2.75) is 57.7 Å². The fraction of sp³-hybridized carbons (Fsp3) is 0.636. The number of likely N-dealkylation sites (tertiary alicyclic amines) is 1. The molecule has 1 fully saturated rings. The Labute approximate surface area is 165 Å². The molecule has 0 amide bonds. The number of rotatable bonds is 5. The number of aliphatic hydroxyl groups is 1. The lowest BCUT2D eigenvalue weighted by molar-refractivity contribution is -0.148. The molecule has 3 aliphatic rings. The number of esters is 1. The molecule has 28 heavy (non-hydrogen) atoms. The Kier molecular flexibility index (Phi) is 5.43. The first-order valence-electron chi connectivity index (χ1n) is 10.5. The molecule has 0 saturated carbocycles. The van der Waals surface area contributed by atoms with Gasteiger partial charge in [0.2, 0.25) is 0 Å². The van der Waals surface area contributed by atoms with Gasteiger partial charge in [-0.2, -0.15) is 0 Å². The average molecular weight is 386 g/mol. The van der Waals surface area contributed by atoms with Crippen molar-refractivity contribution in [1.82, 2.24) is 9.47 Å². The van der Waals surface area contributed by atoms with Gasteiger partial charge in [-0.1, -0.05) is 13.0 Å². The Morgan fingerprint density at radius 2 is 2.14 bits per heavy atom. The summed E-state index contributed by atoms with van der Waals surface area (Å²) < 4.78 is 6.94. The molecule has 0 spiro atoms. The first kappa shape index (κ1) is 19.4. The van der Waals surface area contributed by atoms with Gasteiger partial charge in [0.25, 0.3) is 5.56 Å². The van der Waals surface area contributed by atoms with Crippen LogP contribution in [0, 0.1) is 11.8 Å². The number of fused-ring (bicyclic) bond motifs is 3. The second kappa shape index (κ2) is 7.84. The summed E-state index contributed by atoms with van der Waals surface area (Å²) in [6.45, 7) is 3.29. The summed E-state index contributed by atoms with van der Waals surface area (Å²) in [7, 11) is 1.40. The molecule has 1 saturated heterocycles. The van der Waals surface area contributed by atoms with Crippen LogP contribution in [0.1, 0.15) is 56.3 Å². The van der Waals surface area contributed by atoms with E-state index in [1.807, 2.05) is 10.6 Å². The van der Waals surface area contributed by atoms with Gasteiger partial charge in [-0.05, 0) is 56.4 Å². The quantitative estimate of drug-likeness (QED) is 0.787. The predicted molar refractivity (Wildman–Crippen MR) is 107 cm³/mol. The first-order valence-corrected chi connectivity index (χ1v) is 10.5. The van der Waals surface area contributed by atoms with Crippen molar-refractivity contribution >= 4 is 11.5 Å². The van der Waals surface area contributed by atoms with Gasteiger partial charge in [0.1, 0.15) is 6.04 Å². The van der Waals surface area contributed by atoms with E-state index in [9.17, 15) is 14.7 Å². The van der Waals surface area contributed by atoms with Gasteiger partial charge in [-0.15, -0.1) is 0 Å². The fourth-order valence-electron chi connectivity index (χ4n) is 5.54. The van der Waals surface area contributed by atoms with Crippen LogP contribution in [-0.4, -0.2) is 46.8 Å². The standard InChI is InChI=1S/C22H30N2O4/c1-3-11-23-19-16(17(13-25)20(23)22(27)28-2)12-24-18(19)10-9-15(21(24)26)14-7-5-4-6-8-14/h7,9-10,16-17,19-20,25H,3-6,8,11-13H2,1-2H3/t16-,17-,19+,20-/m0/s1. The van der Waals surface area contributed by atoms with Crippen LogP contribution in [0.4, 0.5) is 0 Å². The molecule has 4 atom stereocenters. The second-order valence-corrected chi connectivity index (χ2v) is 8.22. The number of nitrogens with zero attached hydrogens (tertiary/aromatic N) is 2. The third kappa shape index (κ3) is 2.94. The SMILES string of the molecule is CCCN1[C@H](C(=O)OC)[C@@H](CO)[C@@H]2Cn3c(ccc(C4=CCCCC4)c3=O)[C@@H]21. The third-order valence-electron chi connectivity index (χ3n) is 6.75. The summed E-state index contributed by atoms with van der Waals surface area (Å²) in [6.07, 6.45) is 7.43. The van der Waals surface area contributed by atoms with Gasteiger partial charge in [0, 0.05) is 36.2 Å². The van der Waals surface area contributed by atoms with E-state index >= 15 is 0 Å². The zero-order valence-corrected chi connectivity index (χ0v) is 16.8. The molecule has 2 aliphatic heterocycles. The molecule has 1 N–H and O–H groups in total. The molecule has 3 heterocycles. The smallest absolute Gasteiger partial charge is 0.323 e. The van der Waals surface area contributed by atoms with E-state index in [4.69, 9.17) is 4.74 Å². The van der Waals surface area contributed by atoms with E-state index in [1.54, 1.807) is 0 Å². The molecule has 1 aliphatic carbocycles. The predicted octanol–water partition coefficient (Wildman–Crippen LogP) is 2.35. The molecule has 1 aromatic heterocycles. The number of methoxy groups -OCH3 is 1. The van der Waals surface area contributed by atoms with Crippen LogP contribution in [0.3, 0.4) is 0 Å². The number of ether oxygens (including phenoxy) is 1. The maximum atomic E-state index is 13.3. The summed E-state index contributed by atoms with van der Waals surface area (Å²) in [5.74, 6) is -0.468. The fourth-order valence-corrected chi connectivity index (χ4v) is 5.54. The zero-order chi connectivity index (χ0) is 19.8. The van der Waals surface area contributed by atoms with Crippen molar-refractivity contribution in [3.63, 3.8) is 0 Å². The molecule has 0 bridgehead atoms. The number of aromatic nitrogens is 1. The lowest BCUT2D eigenvalue weighted by Gasteiger charge is -2.29. The third-order valence-corrected chi connectivity index (χ3v) is 6.75. The van der Waals surface area contributed by atoms with E-state index < -0.39 is 6.04 Å². The molecular weight excluding hydrogens is 356 g/mol. The van der Waals surface area contributed by atoms with E-state index in [-0.39, 0.29) is 36.0 Å². The Balaban J connectivity index is 1.76. The van der Waals surface area contributed by atoms with Gasteiger partial charge in [0.05, 0.1) is 13.2 Å². The lowest BCUT2D eigenvalue weighted by Crippen LogP contribution is -2.43. The molecule has 6 heteroatoms. The van der Waals surface area contributed by atoms with Crippen LogP contribution in [0.25, 0.3) is 5.57 Å². The van der Waals surface area contributed by atoms with Crippen LogP contribution in [0.5, 0.6) is 0 Å². The highest BCUT2D eigenvalue weighted by atomic mass is 16.5. The molecular formula is C22H30N2O4. The van der Waals surface area contributed by atoms with Gasteiger partial charge in [-0.25, -0.2) is 0 Å². The Hall–Kier alpha value is -1.92. The van der Waals surface area contributed by atoms with Crippen LogP contribution in [-0.2, 0) is 16.1 Å². The van der Waals surface area contributed by atoms with Crippen molar-refractivity contribution in [2.75, 3.05) is 20.3 Å². The zero-order valence-electron chi connectivity index (χ0n) is 16.8. The highest BCUT2D eigenvalue weighted by Crippen LogP contribution is 2.49. The maximum absolute atomic E-state index is 13.3. The van der Waals surface area contributed by atoms with Crippen LogP contribution < -0.4 is 5.56 Å². The van der Waals surface area contributed by atoms with Crippen LogP contribution in [0.2, 0.25) is 0 Å². The summed E-state index contributed by atoms with van der Waals surface area (Å²) in [6, 6.07) is 3.56. The molecule has 0 unspecified atom stereocenters. The summed E-state index contributed by atoms with van der Waals surface area (Å²) in [5.41, 5.74) is 3.02.